The van der Waals surface area contributed by atoms with E-state index in [-0.39, 0.29) is 25.5 Å². The number of aromatic nitrogens is 4. The lowest BCUT2D eigenvalue weighted by molar-refractivity contribution is -0.146. The Bertz CT molecular complexity index is 1150. The topological polar surface area (TPSA) is 109 Å². The van der Waals surface area contributed by atoms with Gasteiger partial charge in [-0.15, -0.1) is 10.2 Å². The number of ether oxygens (including phenoxy) is 2. The minimum absolute atomic E-state index is 0.0273. The van der Waals surface area contributed by atoms with E-state index in [0.29, 0.717) is 22.4 Å². The van der Waals surface area contributed by atoms with Crippen molar-refractivity contribution in [2.45, 2.75) is 20.1 Å². The highest BCUT2D eigenvalue weighted by molar-refractivity contribution is 7.08. The number of esters is 2. The van der Waals surface area contributed by atoms with Crippen molar-refractivity contribution in [3.8, 4) is 11.4 Å². The lowest BCUT2D eigenvalue weighted by Crippen LogP contribution is -2.16. The highest BCUT2D eigenvalue weighted by Crippen LogP contribution is 2.27. The first kappa shape index (κ1) is 18.8. The van der Waals surface area contributed by atoms with Crippen LogP contribution in [0.3, 0.4) is 0 Å². The Hall–Kier alpha value is -3.53. The summed E-state index contributed by atoms with van der Waals surface area (Å²) in [5.74, 6) is -0.712. The second kappa shape index (κ2) is 8.23. The van der Waals surface area contributed by atoms with Crippen LogP contribution in [-0.2, 0) is 27.4 Å². The molecule has 29 heavy (non-hydrogen) atoms. The number of benzene rings is 1. The number of carbonyl (C=O) groups excluding carboxylic acids is 2. The zero-order valence-electron chi connectivity index (χ0n) is 15.4. The van der Waals surface area contributed by atoms with Crippen LogP contribution in [0.4, 0.5) is 0 Å². The maximum Gasteiger partial charge on any atom is 0.374 e. The second-order valence-electron chi connectivity index (χ2n) is 5.94. The minimum Gasteiger partial charge on any atom is -0.460 e. The number of carbonyl (C=O) groups is 2. The largest absolute Gasteiger partial charge is 0.460 e. The Kier molecular flexibility index (Phi) is 5.34. The van der Waals surface area contributed by atoms with E-state index in [0.717, 1.165) is 10.4 Å². The summed E-state index contributed by atoms with van der Waals surface area (Å²) in [6.45, 7) is 1.56. The molecule has 0 N–H and O–H groups in total. The van der Waals surface area contributed by atoms with E-state index in [1.807, 2.05) is 22.9 Å². The molecule has 0 spiro atoms. The standard InChI is InChI=1S/C19H16N4O5S/c1-2-26-19(25)17-14(13-5-3-4-6-15(13)28-17)10-27-16(24)9-23-21-18(20-22-23)12-7-8-29-11-12/h3-8,11H,2,9-10H2,1H3. The molecule has 3 heterocycles. The zero-order valence-corrected chi connectivity index (χ0v) is 16.2. The molecule has 0 radical (unpaired) electrons. The van der Waals surface area contributed by atoms with Gasteiger partial charge >= 0.3 is 11.9 Å². The molecule has 4 aromatic rings. The van der Waals surface area contributed by atoms with E-state index in [4.69, 9.17) is 13.9 Å². The number of para-hydroxylation sites is 1. The summed E-state index contributed by atoms with van der Waals surface area (Å²) in [7, 11) is 0. The summed E-state index contributed by atoms with van der Waals surface area (Å²) in [6, 6.07) is 8.98. The van der Waals surface area contributed by atoms with Gasteiger partial charge in [0.15, 0.2) is 6.54 Å². The van der Waals surface area contributed by atoms with Crippen LogP contribution < -0.4 is 0 Å². The van der Waals surface area contributed by atoms with Crippen molar-refractivity contribution in [3.05, 3.63) is 52.4 Å². The fraction of sp³-hybridized carbons (Fsp3) is 0.211. The van der Waals surface area contributed by atoms with Crippen molar-refractivity contribution >= 4 is 34.2 Å². The number of thiophene rings is 1. The molecule has 0 aliphatic rings. The van der Waals surface area contributed by atoms with Gasteiger partial charge in [-0.3, -0.25) is 0 Å². The number of furan rings is 1. The first-order valence-electron chi connectivity index (χ1n) is 8.79. The molecule has 0 aliphatic carbocycles. The molecule has 148 valence electrons. The van der Waals surface area contributed by atoms with Gasteiger partial charge in [0.1, 0.15) is 12.2 Å². The van der Waals surface area contributed by atoms with Crippen LogP contribution >= 0.6 is 11.3 Å². The van der Waals surface area contributed by atoms with E-state index in [1.54, 1.807) is 25.1 Å². The normalized spacial score (nSPS) is 10.9. The quantitative estimate of drug-likeness (QED) is 0.426. The lowest BCUT2D eigenvalue weighted by atomic mass is 10.1. The average molecular weight is 412 g/mol. The van der Waals surface area contributed by atoms with E-state index in [9.17, 15) is 9.59 Å². The average Bonchev–Trinajstić information content (AvgIpc) is 3.46. The van der Waals surface area contributed by atoms with Crippen LogP contribution in [0, 0.1) is 0 Å². The predicted octanol–water partition coefficient (Wildman–Crippen LogP) is 3.07. The van der Waals surface area contributed by atoms with Crippen molar-refractivity contribution in [2.75, 3.05) is 6.61 Å². The van der Waals surface area contributed by atoms with E-state index < -0.39 is 11.9 Å². The third-order valence-electron chi connectivity index (χ3n) is 4.04. The molecule has 0 atom stereocenters. The van der Waals surface area contributed by atoms with E-state index in [2.05, 4.69) is 15.4 Å². The molecule has 0 fully saturated rings. The van der Waals surface area contributed by atoms with Gasteiger partial charge in [-0.05, 0) is 29.6 Å². The van der Waals surface area contributed by atoms with Crippen LogP contribution in [0.15, 0.2) is 45.5 Å². The highest BCUT2D eigenvalue weighted by Gasteiger charge is 2.23. The van der Waals surface area contributed by atoms with Crippen molar-refractivity contribution in [2.24, 2.45) is 0 Å². The summed E-state index contributed by atoms with van der Waals surface area (Å²) in [6.07, 6.45) is 0. The van der Waals surface area contributed by atoms with Gasteiger partial charge in [0.2, 0.25) is 11.6 Å². The van der Waals surface area contributed by atoms with Gasteiger partial charge in [-0.1, -0.05) is 18.2 Å². The van der Waals surface area contributed by atoms with Crippen LogP contribution in [-0.4, -0.2) is 38.8 Å². The molecular weight excluding hydrogens is 396 g/mol. The number of hydrogen-bond acceptors (Lipinski definition) is 9. The van der Waals surface area contributed by atoms with Gasteiger partial charge in [-0.25, -0.2) is 9.59 Å². The van der Waals surface area contributed by atoms with E-state index >= 15 is 0 Å². The Labute approximate surface area is 168 Å². The molecule has 10 heteroatoms. The molecule has 0 unspecified atom stereocenters. The summed E-state index contributed by atoms with van der Waals surface area (Å²) in [5.41, 5.74) is 1.80. The Morgan fingerprint density at radius 2 is 2.07 bits per heavy atom. The van der Waals surface area contributed by atoms with E-state index in [1.165, 1.54) is 11.3 Å². The molecule has 3 aromatic heterocycles. The summed E-state index contributed by atoms with van der Waals surface area (Å²) in [4.78, 5) is 25.6. The number of hydrogen-bond donors (Lipinski definition) is 0. The maximum atomic E-state index is 12.3. The molecule has 0 saturated carbocycles. The molecule has 4 rings (SSSR count). The first-order valence-corrected chi connectivity index (χ1v) is 9.73. The maximum absolute atomic E-state index is 12.3. The third-order valence-corrected chi connectivity index (χ3v) is 4.72. The minimum atomic E-state index is -0.604. The highest BCUT2D eigenvalue weighted by atomic mass is 32.1. The molecule has 1 aromatic carbocycles. The fourth-order valence-corrected chi connectivity index (χ4v) is 3.37. The second-order valence-corrected chi connectivity index (χ2v) is 6.72. The molecule has 0 saturated heterocycles. The van der Waals surface area contributed by atoms with Crippen molar-refractivity contribution in [1.29, 1.82) is 0 Å². The fourth-order valence-electron chi connectivity index (χ4n) is 2.73. The summed E-state index contributed by atoms with van der Waals surface area (Å²) in [5, 5.41) is 16.4. The molecule has 0 bridgehead atoms. The SMILES string of the molecule is CCOC(=O)c1oc2ccccc2c1COC(=O)Cn1nnc(-c2ccsc2)n1. The predicted molar refractivity (Wildman–Crippen MR) is 103 cm³/mol. The van der Waals surface area contributed by atoms with Gasteiger partial charge in [-0.2, -0.15) is 16.1 Å². The molecular formula is C19H16N4O5S. The van der Waals surface area contributed by atoms with Gasteiger partial charge in [0, 0.05) is 16.3 Å². The monoisotopic (exact) mass is 412 g/mol. The first-order chi connectivity index (χ1) is 14.2. The van der Waals surface area contributed by atoms with Crippen molar-refractivity contribution in [3.63, 3.8) is 0 Å². The Balaban J connectivity index is 1.47. The number of nitrogens with zero attached hydrogens (tertiary/aromatic N) is 4. The van der Waals surface area contributed by atoms with Gasteiger partial charge < -0.3 is 13.9 Å². The smallest absolute Gasteiger partial charge is 0.374 e. The number of fused-ring (bicyclic) bond motifs is 1. The van der Waals surface area contributed by atoms with Gasteiger partial charge in [0.05, 0.1) is 12.2 Å². The van der Waals surface area contributed by atoms with Crippen LogP contribution in [0.2, 0.25) is 0 Å². The Morgan fingerprint density at radius 1 is 1.21 bits per heavy atom. The van der Waals surface area contributed by atoms with Crippen LogP contribution in [0.5, 0.6) is 0 Å². The van der Waals surface area contributed by atoms with Crippen LogP contribution in [0.1, 0.15) is 23.0 Å². The zero-order chi connectivity index (χ0) is 20.2. The number of rotatable bonds is 7. The third kappa shape index (κ3) is 4.02. The Morgan fingerprint density at radius 3 is 2.86 bits per heavy atom. The van der Waals surface area contributed by atoms with Crippen LogP contribution in [0.25, 0.3) is 22.4 Å². The van der Waals surface area contributed by atoms with Gasteiger partial charge in [0.25, 0.3) is 0 Å². The summed E-state index contributed by atoms with van der Waals surface area (Å²) < 4.78 is 16.0. The summed E-state index contributed by atoms with van der Waals surface area (Å²) >= 11 is 1.52. The molecule has 0 aliphatic heterocycles. The van der Waals surface area contributed by atoms with Crippen molar-refractivity contribution < 1.29 is 23.5 Å². The molecule has 0 amide bonds. The van der Waals surface area contributed by atoms with Crippen molar-refractivity contribution in [1.82, 2.24) is 20.2 Å². The molecule has 9 nitrogen and oxygen atoms in total. The number of tetrazole rings is 1. The lowest BCUT2D eigenvalue weighted by Gasteiger charge is -2.05.